The molecule has 25 heavy (non-hydrogen) atoms. The van der Waals surface area contributed by atoms with E-state index >= 15 is 0 Å². The molecule has 1 amide bonds. The molecule has 3 rings (SSSR count). The van der Waals surface area contributed by atoms with Crippen molar-refractivity contribution in [2.24, 2.45) is 0 Å². The first-order valence-corrected chi connectivity index (χ1v) is 9.56. The average Bonchev–Trinajstić information content (AvgIpc) is 3.00. The molecule has 0 aliphatic carbocycles. The van der Waals surface area contributed by atoms with Gasteiger partial charge in [0.2, 0.25) is 5.91 Å². The van der Waals surface area contributed by atoms with E-state index in [4.69, 9.17) is 10.5 Å². The predicted octanol–water partition coefficient (Wildman–Crippen LogP) is 4.40. The lowest BCUT2D eigenvalue weighted by molar-refractivity contribution is -0.115. The number of nitrogen functional groups attached to an aromatic ring is 1. The van der Waals surface area contributed by atoms with E-state index in [0.717, 1.165) is 20.9 Å². The third-order valence-corrected chi connectivity index (χ3v) is 5.92. The highest BCUT2D eigenvalue weighted by Crippen LogP contribution is 2.31. The van der Waals surface area contributed by atoms with E-state index in [1.54, 1.807) is 7.11 Å². The van der Waals surface area contributed by atoms with Gasteiger partial charge in [-0.1, -0.05) is 24.3 Å². The Hall–Kier alpha value is -2.25. The van der Waals surface area contributed by atoms with Gasteiger partial charge in [-0.3, -0.25) is 4.79 Å². The molecule has 0 aliphatic rings. The number of aromatic nitrogens is 1. The molecule has 0 bridgehead atoms. The molecular weight excluding hydrogens is 354 g/mol. The normalized spacial score (nSPS) is 12.1. The summed E-state index contributed by atoms with van der Waals surface area (Å²) in [6.07, 6.45) is 0.712. The Kier molecular flexibility index (Phi) is 5.45. The quantitative estimate of drug-likeness (QED) is 0.495. The standard InChI is InChI=1S/C18H19N3O2S2/c1-3-15(24-13-6-4-5-11(19)9-13)17(22)21-18-20-14-8-7-12(23-2)10-16(14)25-18/h4-10,15H,3,19H2,1-2H3,(H,20,21,22). The van der Waals surface area contributed by atoms with E-state index < -0.39 is 0 Å². The lowest BCUT2D eigenvalue weighted by Gasteiger charge is -2.13. The number of carbonyl (C=O) groups excluding carboxylic acids is 1. The Morgan fingerprint density at radius 2 is 2.20 bits per heavy atom. The Morgan fingerprint density at radius 3 is 2.92 bits per heavy atom. The van der Waals surface area contributed by atoms with Gasteiger partial charge in [0.25, 0.3) is 0 Å². The summed E-state index contributed by atoms with van der Waals surface area (Å²) in [7, 11) is 1.63. The fourth-order valence-electron chi connectivity index (χ4n) is 2.35. The third kappa shape index (κ3) is 4.24. The van der Waals surface area contributed by atoms with E-state index in [2.05, 4.69) is 10.3 Å². The van der Waals surface area contributed by atoms with Crippen LogP contribution in [0.5, 0.6) is 5.75 Å². The number of anilines is 2. The van der Waals surface area contributed by atoms with Gasteiger partial charge in [0.15, 0.2) is 5.13 Å². The van der Waals surface area contributed by atoms with Gasteiger partial charge in [-0.15, -0.1) is 11.8 Å². The minimum atomic E-state index is -0.205. The van der Waals surface area contributed by atoms with Gasteiger partial charge in [-0.05, 0) is 42.8 Å². The SMILES string of the molecule is CCC(Sc1cccc(N)c1)C(=O)Nc1nc2ccc(OC)cc2s1. The molecule has 1 atom stereocenters. The van der Waals surface area contributed by atoms with Crippen LogP contribution in [0.15, 0.2) is 47.4 Å². The number of carbonyl (C=O) groups is 1. The molecular formula is C18H19N3O2S2. The third-order valence-electron chi connectivity index (χ3n) is 3.63. The zero-order chi connectivity index (χ0) is 17.8. The number of ether oxygens (including phenoxy) is 1. The van der Waals surface area contributed by atoms with Crippen LogP contribution >= 0.6 is 23.1 Å². The van der Waals surface area contributed by atoms with E-state index in [0.29, 0.717) is 17.2 Å². The largest absolute Gasteiger partial charge is 0.497 e. The maximum absolute atomic E-state index is 12.6. The number of nitrogens with two attached hydrogens (primary N) is 1. The number of rotatable bonds is 6. The van der Waals surface area contributed by atoms with Crippen LogP contribution in [0.25, 0.3) is 10.2 Å². The van der Waals surface area contributed by atoms with Gasteiger partial charge < -0.3 is 15.8 Å². The lowest BCUT2D eigenvalue weighted by atomic mass is 10.3. The molecule has 0 saturated heterocycles. The summed E-state index contributed by atoms with van der Waals surface area (Å²) in [6, 6.07) is 13.2. The van der Waals surface area contributed by atoms with E-state index in [-0.39, 0.29) is 11.2 Å². The van der Waals surface area contributed by atoms with Crippen molar-refractivity contribution in [2.45, 2.75) is 23.5 Å². The molecule has 0 aliphatic heterocycles. The van der Waals surface area contributed by atoms with Gasteiger partial charge in [0.1, 0.15) is 5.75 Å². The second-order valence-corrected chi connectivity index (χ2v) is 7.74. The first-order chi connectivity index (χ1) is 12.1. The fraction of sp³-hybridized carbons (Fsp3) is 0.222. The zero-order valence-electron chi connectivity index (χ0n) is 14.0. The first kappa shape index (κ1) is 17.6. The van der Waals surface area contributed by atoms with Gasteiger partial charge in [0, 0.05) is 10.6 Å². The van der Waals surface area contributed by atoms with Crippen molar-refractivity contribution in [1.29, 1.82) is 0 Å². The average molecular weight is 374 g/mol. The number of benzene rings is 2. The predicted molar refractivity (Wildman–Crippen MR) is 106 cm³/mol. The van der Waals surface area contributed by atoms with Crippen LogP contribution in [0.4, 0.5) is 10.8 Å². The van der Waals surface area contributed by atoms with Crippen molar-refractivity contribution in [3.8, 4) is 5.75 Å². The summed E-state index contributed by atoms with van der Waals surface area (Å²) in [6.45, 7) is 1.99. The molecule has 3 N–H and O–H groups in total. The van der Waals surface area contributed by atoms with Gasteiger partial charge in [-0.25, -0.2) is 4.98 Å². The summed E-state index contributed by atoms with van der Waals surface area (Å²) in [4.78, 5) is 18.1. The number of methoxy groups -OCH3 is 1. The van der Waals surface area contributed by atoms with Crippen LogP contribution < -0.4 is 15.8 Å². The number of fused-ring (bicyclic) bond motifs is 1. The maximum Gasteiger partial charge on any atom is 0.239 e. The van der Waals surface area contributed by atoms with Crippen LogP contribution in [-0.2, 0) is 4.79 Å². The maximum atomic E-state index is 12.6. The van der Waals surface area contributed by atoms with Crippen LogP contribution in [0, 0.1) is 0 Å². The molecule has 3 aromatic rings. The molecule has 1 heterocycles. The Bertz CT molecular complexity index is 895. The first-order valence-electron chi connectivity index (χ1n) is 7.86. The van der Waals surface area contributed by atoms with E-state index in [1.807, 2.05) is 49.4 Å². The molecule has 2 aromatic carbocycles. The number of nitrogens with zero attached hydrogens (tertiary/aromatic N) is 1. The van der Waals surface area contributed by atoms with E-state index in [9.17, 15) is 4.79 Å². The molecule has 0 saturated carbocycles. The molecule has 0 spiro atoms. The van der Waals surface area contributed by atoms with Crippen LogP contribution in [-0.4, -0.2) is 23.3 Å². The Morgan fingerprint density at radius 1 is 1.36 bits per heavy atom. The zero-order valence-corrected chi connectivity index (χ0v) is 15.6. The minimum absolute atomic E-state index is 0.0547. The number of thioether (sulfide) groups is 1. The van der Waals surface area contributed by atoms with Gasteiger partial charge in [0.05, 0.1) is 22.6 Å². The molecule has 130 valence electrons. The molecule has 5 nitrogen and oxygen atoms in total. The van der Waals surface area contributed by atoms with Crippen molar-refractivity contribution in [1.82, 2.24) is 4.98 Å². The summed E-state index contributed by atoms with van der Waals surface area (Å²) in [5, 5.41) is 3.32. The number of hydrogen-bond donors (Lipinski definition) is 2. The number of amides is 1. The molecule has 7 heteroatoms. The molecule has 1 aromatic heterocycles. The number of nitrogens with one attached hydrogen (secondary N) is 1. The van der Waals surface area contributed by atoms with Crippen LogP contribution in [0.1, 0.15) is 13.3 Å². The van der Waals surface area contributed by atoms with Crippen molar-refractivity contribution in [3.05, 3.63) is 42.5 Å². The monoisotopic (exact) mass is 373 g/mol. The van der Waals surface area contributed by atoms with Gasteiger partial charge >= 0.3 is 0 Å². The van der Waals surface area contributed by atoms with Crippen molar-refractivity contribution in [2.75, 3.05) is 18.2 Å². The minimum Gasteiger partial charge on any atom is -0.497 e. The summed E-state index contributed by atoms with van der Waals surface area (Å²) >= 11 is 2.95. The van der Waals surface area contributed by atoms with Crippen LogP contribution in [0.3, 0.4) is 0 Å². The summed E-state index contributed by atoms with van der Waals surface area (Å²) in [5.41, 5.74) is 7.35. The highest BCUT2D eigenvalue weighted by Gasteiger charge is 2.19. The van der Waals surface area contributed by atoms with Crippen molar-refractivity contribution >= 4 is 50.0 Å². The Labute approximate surface area is 154 Å². The van der Waals surface area contributed by atoms with Crippen molar-refractivity contribution in [3.63, 3.8) is 0 Å². The summed E-state index contributed by atoms with van der Waals surface area (Å²) in [5.74, 6) is 0.721. The van der Waals surface area contributed by atoms with E-state index in [1.165, 1.54) is 23.1 Å². The summed E-state index contributed by atoms with van der Waals surface area (Å²) < 4.78 is 6.20. The highest BCUT2D eigenvalue weighted by molar-refractivity contribution is 8.00. The topological polar surface area (TPSA) is 77.2 Å². The lowest BCUT2D eigenvalue weighted by Crippen LogP contribution is -2.24. The molecule has 0 radical (unpaired) electrons. The highest BCUT2D eigenvalue weighted by atomic mass is 32.2. The molecule has 0 fully saturated rings. The molecule has 1 unspecified atom stereocenters. The number of hydrogen-bond acceptors (Lipinski definition) is 6. The second-order valence-electron chi connectivity index (χ2n) is 5.43. The fourth-order valence-corrected chi connectivity index (χ4v) is 4.27. The Balaban J connectivity index is 1.73. The number of thiazole rings is 1. The van der Waals surface area contributed by atoms with Gasteiger partial charge in [-0.2, -0.15) is 0 Å². The van der Waals surface area contributed by atoms with Crippen LogP contribution in [0.2, 0.25) is 0 Å². The smallest absolute Gasteiger partial charge is 0.239 e. The second kappa shape index (κ2) is 7.76. The van der Waals surface area contributed by atoms with Crippen molar-refractivity contribution < 1.29 is 9.53 Å².